The fourth-order valence-corrected chi connectivity index (χ4v) is 3.35. The number of carbonyl (C=O) groups excluding carboxylic acids is 1. The molecular weight excluding hydrogens is 418 g/mol. The van der Waals surface area contributed by atoms with Crippen molar-refractivity contribution >= 4 is 44.8 Å². The molecule has 2 aromatic rings. The van der Waals surface area contributed by atoms with Crippen molar-refractivity contribution in [2.75, 3.05) is 30.3 Å². The summed E-state index contributed by atoms with van der Waals surface area (Å²) < 4.78 is 43.5. The number of benzene rings is 2. The third-order valence-corrected chi connectivity index (χ3v) is 5.14. The first-order valence-corrected chi connectivity index (χ1v) is 10.4. The molecule has 0 spiro atoms. The van der Waals surface area contributed by atoms with Gasteiger partial charge in [0.15, 0.2) is 0 Å². The van der Waals surface area contributed by atoms with Gasteiger partial charge in [0, 0.05) is 0 Å². The Morgan fingerprint density at radius 1 is 1.19 bits per heavy atom. The van der Waals surface area contributed by atoms with Gasteiger partial charge in [0.2, 0.25) is 15.9 Å². The van der Waals surface area contributed by atoms with Crippen LogP contribution in [-0.2, 0) is 14.8 Å². The molecule has 0 aliphatic carbocycles. The summed E-state index contributed by atoms with van der Waals surface area (Å²) >= 11 is 11.6. The average molecular weight is 435 g/mol. The molecular formula is C17H17Cl2FN2O4S. The molecule has 0 atom stereocenters. The molecule has 0 saturated carbocycles. The molecule has 0 bridgehead atoms. The maximum Gasteiger partial charge on any atom is 0.240 e. The van der Waals surface area contributed by atoms with Gasteiger partial charge in [-0.25, -0.2) is 12.8 Å². The second-order valence-electron chi connectivity index (χ2n) is 5.50. The molecule has 1 amide bonds. The topological polar surface area (TPSA) is 75.7 Å². The predicted molar refractivity (Wildman–Crippen MR) is 104 cm³/mol. The van der Waals surface area contributed by atoms with Crippen LogP contribution in [0.3, 0.4) is 0 Å². The summed E-state index contributed by atoms with van der Waals surface area (Å²) in [5.41, 5.74) is 0.0892. The SMILES string of the molecule is CS(=O)(=O)N(CC(=O)NCCOc1ccccc1Cl)c1ccc(F)c(Cl)c1. The number of para-hydroxylation sites is 1. The maximum atomic E-state index is 13.3. The van der Waals surface area contributed by atoms with Gasteiger partial charge in [0.05, 0.1) is 28.5 Å². The molecule has 0 unspecified atom stereocenters. The summed E-state index contributed by atoms with van der Waals surface area (Å²) in [7, 11) is -3.78. The lowest BCUT2D eigenvalue weighted by Crippen LogP contribution is -2.41. The van der Waals surface area contributed by atoms with Crippen molar-refractivity contribution in [3.63, 3.8) is 0 Å². The zero-order valence-corrected chi connectivity index (χ0v) is 16.6. The first-order chi connectivity index (χ1) is 12.7. The number of rotatable bonds is 8. The lowest BCUT2D eigenvalue weighted by molar-refractivity contribution is -0.119. The highest BCUT2D eigenvalue weighted by Crippen LogP contribution is 2.24. The number of anilines is 1. The van der Waals surface area contributed by atoms with Crippen LogP contribution in [0.1, 0.15) is 0 Å². The molecule has 6 nitrogen and oxygen atoms in total. The monoisotopic (exact) mass is 434 g/mol. The van der Waals surface area contributed by atoms with E-state index >= 15 is 0 Å². The van der Waals surface area contributed by atoms with E-state index in [1.54, 1.807) is 24.3 Å². The zero-order valence-electron chi connectivity index (χ0n) is 14.3. The first kappa shape index (κ1) is 21.3. The Hall–Kier alpha value is -2.03. The Labute approximate surface area is 166 Å². The molecule has 0 radical (unpaired) electrons. The van der Waals surface area contributed by atoms with E-state index in [1.165, 1.54) is 6.07 Å². The van der Waals surface area contributed by atoms with Crippen molar-refractivity contribution in [2.24, 2.45) is 0 Å². The van der Waals surface area contributed by atoms with Crippen LogP contribution in [0.4, 0.5) is 10.1 Å². The van der Waals surface area contributed by atoms with Crippen molar-refractivity contribution < 1.29 is 22.3 Å². The highest BCUT2D eigenvalue weighted by Gasteiger charge is 2.21. The molecule has 10 heteroatoms. The van der Waals surface area contributed by atoms with Crippen LogP contribution in [0, 0.1) is 5.82 Å². The summed E-state index contributed by atoms with van der Waals surface area (Å²) in [6, 6.07) is 10.3. The van der Waals surface area contributed by atoms with Gasteiger partial charge in [0.1, 0.15) is 24.7 Å². The quantitative estimate of drug-likeness (QED) is 0.647. The van der Waals surface area contributed by atoms with Crippen molar-refractivity contribution in [2.45, 2.75) is 0 Å². The van der Waals surface area contributed by atoms with Gasteiger partial charge in [-0.05, 0) is 30.3 Å². The normalized spacial score (nSPS) is 11.1. The number of amides is 1. The number of hydrogen-bond donors (Lipinski definition) is 1. The smallest absolute Gasteiger partial charge is 0.240 e. The standard InChI is InChI=1S/C17H17Cl2FN2O4S/c1-27(24,25)22(12-6-7-15(20)14(19)10-12)11-17(23)21-8-9-26-16-5-3-2-4-13(16)18/h2-7,10H,8-9,11H2,1H3,(H,21,23). The van der Waals surface area contributed by atoms with Crippen molar-refractivity contribution in [1.82, 2.24) is 5.32 Å². The van der Waals surface area contributed by atoms with Gasteiger partial charge in [-0.15, -0.1) is 0 Å². The van der Waals surface area contributed by atoms with Gasteiger partial charge in [-0.1, -0.05) is 35.3 Å². The highest BCUT2D eigenvalue weighted by atomic mass is 35.5. The van der Waals surface area contributed by atoms with Crippen molar-refractivity contribution in [1.29, 1.82) is 0 Å². The van der Waals surface area contributed by atoms with E-state index in [0.717, 1.165) is 22.7 Å². The fraction of sp³-hybridized carbons (Fsp3) is 0.235. The van der Waals surface area contributed by atoms with Crippen LogP contribution >= 0.6 is 23.2 Å². The zero-order chi connectivity index (χ0) is 20.0. The Morgan fingerprint density at radius 3 is 2.52 bits per heavy atom. The van der Waals surface area contributed by atoms with Crippen molar-refractivity contribution in [3.05, 3.63) is 58.3 Å². The minimum atomic E-state index is -3.78. The number of ether oxygens (including phenoxy) is 1. The average Bonchev–Trinajstić information content (AvgIpc) is 2.59. The molecule has 0 aliphatic heterocycles. The maximum absolute atomic E-state index is 13.3. The molecule has 2 aromatic carbocycles. The van der Waals surface area contributed by atoms with E-state index in [-0.39, 0.29) is 23.9 Å². The summed E-state index contributed by atoms with van der Waals surface area (Å²) in [6.45, 7) is -0.185. The lowest BCUT2D eigenvalue weighted by Gasteiger charge is -2.22. The summed E-state index contributed by atoms with van der Waals surface area (Å²) in [6.07, 6.45) is 0.943. The first-order valence-electron chi connectivity index (χ1n) is 7.75. The molecule has 146 valence electrons. The van der Waals surface area contributed by atoms with E-state index in [4.69, 9.17) is 27.9 Å². The minimum Gasteiger partial charge on any atom is -0.490 e. The number of nitrogens with one attached hydrogen (secondary N) is 1. The Morgan fingerprint density at radius 2 is 1.89 bits per heavy atom. The van der Waals surface area contributed by atoms with Gasteiger partial charge in [-0.2, -0.15) is 0 Å². The van der Waals surface area contributed by atoms with E-state index in [1.807, 2.05) is 0 Å². The van der Waals surface area contributed by atoms with Gasteiger partial charge in [-0.3, -0.25) is 9.10 Å². The fourth-order valence-electron chi connectivity index (χ4n) is 2.14. The van der Waals surface area contributed by atoms with Gasteiger partial charge >= 0.3 is 0 Å². The summed E-state index contributed by atoms with van der Waals surface area (Å²) in [5.74, 6) is -0.759. The summed E-state index contributed by atoms with van der Waals surface area (Å²) in [4.78, 5) is 12.1. The van der Waals surface area contributed by atoms with Crippen LogP contribution in [0.2, 0.25) is 10.0 Å². The van der Waals surface area contributed by atoms with Gasteiger partial charge < -0.3 is 10.1 Å². The van der Waals surface area contributed by atoms with Gasteiger partial charge in [0.25, 0.3) is 0 Å². The highest BCUT2D eigenvalue weighted by molar-refractivity contribution is 7.92. The number of hydrogen-bond acceptors (Lipinski definition) is 4. The van der Waals surface area contributed by atoms with Crippen LogP contribution in [0.5, 0.6) is 5.75 Å². The van der Waals surface area contributed by atoms with E-state index < -0.39 is 28.3 Å². The predicted octanol–water partition coefficient (Wildman–Crippen LogP) is 3.09. The molecule has 27 heavy (non-hydrogen) atoms. The van der Waals surface area contributed by atoms with Crippen LogP contribution in [-0.4, -0.2) is 40.3 Å². The number of halogens is 3. The van der Waals surface area contributed by atoms with Crippen LogP contribution in [0.25, 0.3) is 0 Å². The molecule has 2 rings (SSSR count). The lowest BCUT2D eigenvalue weighted by atomic mass is 10.3. The summed E-state index contributed by atoms with van der Waals surface area (Å²) in [5, 5.41) is 2.75. The Bertz CT molecular complexity index is 925. The molecule has 1 N–H and O–H groups in total. The molecule has 0 aromatic heterocycles. The Kier molecular flexibility index (Phi) is 7.29. The molecule has 0 aliphatic rings. The van der Waals surface area contributed by atoms with Crippen LogP contribution < -0.4 is 14.4 Å². The third kappa shape index (κ3) is 6.27. The minimum absolute atomic E-state index is 0.0892. The third-order valence-electron chi connectivity index (χ3n) is 3.40. The van der Waals surface area contributed by atoms with Crippen molar-refractivity contribution in [3.8, 4) is 5.75 Å². The second kappa shape index (κ2) is 9.25. The van der Waals surface area contributed by atoms with Crippen LogP contribution in [0.15, 0.2) is 42.5 Å². The number of sulfonamides is 1. The van der Waals surface area contributed by atoms with E-state index in [9.17, 15) is 17.6 Å². The van der Waals surface area contributed by atoms with E-state index in [2.05, 4.69) is 5.32 Å². The largest absolute Gasteiger partial charge is 0.490 e. The number of nitrogens with zero attached hydrogens (tertiary/aromatic N) is 1. The Balaban J connectivity index is 1.94. The molecule has 0 fully saturated rings. The van der Waals surface area contributed by atoms with E-state index in [0.29, 0.717) is 10.8 Å². The molecule has 0 saturated heterocycles. The molecule has 0 heterocycles. The number of carbonyl (C=O) groups is 1. The second-order valence-corrected chi connectivity index (χ2v) is 8.22.